The predicted octanol–water partition coefficient (Wildman–Crippen LogP) is 1.80. The van der Waals surface area contributed by atoms with E-state index in [9.17, 15) is 14.0 Å². The fourth-order valence-electron chi connectivity index (χ4n) is 2.52. The van der Waals surface area contributed by atoms with Crippen LogP contribution in [0, 0.1) is 5.82 Å². The van der Waals surface area contributed by atoms with Crippen LogP contribution in [0.1, 0.15) is 19.3 Å². The van der Waals surface area contributed by atoms with E-state index < -0.39 is 0 Å². The maximum atomic E-state index is 12.8. The summed E-state index contributed by atoms with van der Waals surface area (Å²) in [5.41, 5.74) is 0. The summed E-state index contributed by atoms with van der Waals surface area (Å²) in [6.45, 7) is 0.635. The summed E-state index contributed by atoms with van der Waals surface area (Å²) in [6.07, 6.45) is 2.59. The molecule has 1 N–H and O–H groups in total. The van der Waals surface area contributed by atoms with Gasteiger partial charge in [0.2, 0.25) is 11.8 Å². The largest absolute Gasteiger partial charge is 0.350 e. The van der Waals surface area contributed by atoms with Crippen molar-refractivity contribution in [2.45, 2.75) is 36.2 Å². The molecule has 1 unspecified atom stereocenters. The molecule has 0 bridgehead atoms. The Bertz CT molecular complexity index is 545. The third kappa shape index (κ3) is 3.75. The van der Waals surface area contributed by atoms with Crippen molar-refractivity contribution in [1.82, 2.24) is 10.2 Å². The number of hydrogen-bond acceptors (Lipinski definition) is 3. The van der Waals surface area contributed by atoms with E-state index >= 15 is 0 Å². The van der Waals surface area contributed by atoms with E-state index in [0.717, 1.165) is 17.7 Å². The molecule has 1 aromatic carbocycles. The molecule has 3 rings (SSSR count). The molecule has 21 heavy (non-hydrogen) atoms. The molecule has 2 fully saturated rings. The highest BCUT2D eigenvalue weighted by Gasteiger charge is 2.39. The quantitative estimate of drug-likeness (QED) is 0.844. The minimum atomic E-state index is -0.284. The number of carbonyl (C=O) groups excluding carboxylic acids is 2. The lowest BCUT2D eigenvalue weighted by Gasteiger charge is -2.16. The van der Waals surface area contributed by atoms with E-state index in [-0.39, 0.29) is 29.4 Å². The molecule has 0 aromatic heterocycles. The van der Waals surface area contributed by atoms with E-state index in [1.807, 2.05) is 4.90 Å². The van der Waals surface area contributed by atoms with Crippen LogP contribution in [0.25, 0.3) is 0 Å². The van der Waals surface area contributed by atoms with E-state index in [1.54, 1.807) is 12.1 Å². The fourth-order valence-corrected chi connectivity index (χ4v) is 3.23. The third-order valence-corrected chi connectivity index (χ3v) is 4.71. The zero-order chi connectivity index (χ0) is 14.8. The maximum absolute atomic E-state index is 12.8. The highest BCUT2D eigenvalue weighted by Crippen LogP contribution is 2.30. The Morgan fingerprint density at radius 1 is 1.33 bits per heavy atom. The maximum Gasteiger partial charge on any atom is 0.230 e. The summed E-state index contributed by atoms with van der Waals surface area (Å²) in [4.78, 5) is 26.4. The Labute approximate surface area is 127 Å². The Morgan fingerprint density at radius 2 is 2.05 bits per heavy atom. The average molecular weight is 308 g/mol. The number of hydrogen-bond donors (Lipinski definition) is 1. The number of thioether (sulfide) groups is 1. The third-order valence-electron chi connectivity index (χ3n) is 3.69. The summed E-state index contributed by atoms with van der Waals surface area (Å²) in [5, 5.41) is 2.91. The van der Waals surface area contributed by atoms with Crippen LogP contribution in [0.4, 0.5) is 4.39 Å². The van der Waals surface area contributed by atoms with E-state index in [2.05, 4.69) is 5.32 Å². The van der Waals surface area contributed by atoms with Gasteiger partial charge in [-0.25, -0.2) is 4.39 Å². The molecule has 2 amide bonds. The number of likely N-dealkylation sites (tertiary alicyclic amines) is 1. The molecule has 1 saturated heterocycles. The number of rotatable bonds is 5. The van der Waals surface area contributed by atoms with Gasteiger partial charge in [-0.05, 0) is 37.1 Å². The zero-order valence-electron chi connectivity index (χ0n) is 11.5. The van der Waals surface area contributed by atoms with Crippen molar-refractivity contribution in [3.8, 4) is 0 Å². The summed E-state index contributed by atoms with van der Waals surface area (Å²) in [6, 6.07) is 6.40. The number of amides is 2. The molecule has 1 aromatic rings. The van der Waals surface area contributed by atoms with Crippen molar-refractivity contribution in [3.63, 3.8) is 0 Å². The van der Waals surface area contributed by atoms with Crippen molar-refractivity contribution >= 4 is 23.6 Å². The average Bonchev–Trinajstić information content (AvgIpc) is 3.23. The summed E-state index contributed by atoms with van der Waals surface area (Å²) in [5.74, 6) is 0.0573. The number of benzene rings is 1. The Kier molecular flexibility index (Phi) is 4.14. The Balaban J connectivity index is 1.44. The minimum absolute atomic E-state index is 0.0700. The lowest BCUT2D eigenvalue weighted by Crippen LogP contribution is -2.38. The Morgan fingerprint density at radius 3 is 2.71 bits per heavy atom. The van der Waals surface area contributed by atoms with Crippen molar-refractivity contribution in [3.05, 3.63) is 30.1 Å². The molecular weight excluding hydrogens is 291 g/mol. The molecule has 1 aliphatic carbocycles. The number of nitrogens with one attached hydrogen (secondary N) is 1. The predicted molar refractivity (Wildman–Crippen MR) is 78.4 cm³/mol. The molecular formula is C15H17FN2O2S. The van der Waals surface area contributed by atoms with Crippen LogP contribution in [0.3, 0.4) is 0 Å². The van der Waals surface area contributed by atoms with E-state index in [1.165, 1.54) is 23.9 Å². The number of carbonyl (C=O) groups is 2. The molecule has 0 radical (unpaired) electrons. The second-order valence-corrected chi connectivity index (χ2v) is 6.54. The van der Waals surface area contributed by atoms with Crippen LogP contribution in [-0.2, 0) is 9.59 Å². The van der Waals surface area contributed by atoms with Gasteiger partial charge in [0.05, 0.1) is 11.8 Å². The Hall–Kier alpha value is -1.56. The first-order valence-corrected chi connectivity index (χ1v) is 8.07. The molecule has 2 aliphatic rings. The van der Waals surface area contributed by atoms with Crippen molar-refractivity contribution in [1.29, 1.82) is 0 Å². The molecule has 6 heteroatoms. The lowest BCUT2D eigenvalue weighted by molar-refractivity contribution is -0.128. The van der Waals surface area contributed by atoms with Gasteiger partial charge >= 0.3 is 0 Å². The van der Waals surface area contributed by atoms with Gasteiger partial charge in [0.15, 0.2) is 0 Å². The first kappa shape index (κ1) is 14.4. The van der Waals surface area contributed by atoms with Gasteiger partial charge in [-0.3, -0.25) is 9.59 Å². The second-order valence-electron chi connectivity index (χ2n) is 5.49. The van der Waals surface area contributed by atoms with Gasteiger partial charge < -0.3 is 10.2 Å². The van der Waals surface area contributed by atoms with E-state index in [4.69, 9.17) is 0 Å². The summed E-state index contributed by atoms with van der Waals surface area (Å²) in [7, 11) is 0. The van der Waals surface area contributed by atoms with Gasteiger partial charge in [0.1, 0.15) is 5.82 Å². The molecule has 0 spiro atoms. The highest BCUT2D eigenvalue weighted by atomic mass is 32.2. The summed E-state index contributed by atoms with van der Waals surface area (Å²) < 4.78 is 12.8. The molecule has 4 nitrogen and oxygen atoms in total. The normalized spacial score (nSPS) is 21.7. The van der Waals surface area contributed by atoms with Crippen molar-refractivity contribution in [2.24, 2.45) is 0 Å². The molecule has 1 aliphatic heterocycles. The number of nitrogens with zero attached hydrogens (tertiary/aromatic N) is 1. The minimum Gasteiger partial charge on any atom is -0.350 e. The van der Waals surface area contributed by atoms with Gasteiger partial charge in [-0.1, -0.05) is 0 Å². The van der Waals surface area contributed by atoms with Crippen LogP contribution in [0.5, 0.6) is 0 Å². The first-order valence-electron chi connectivity index (χ1n) is 7.09. The van der Waals surface area contributed by atoms with Crippen molar-refractivity contribution in [2.75, 3.05) is 12.3 Å². The van der Waals surface area contributed by atoms with Crippen LogP contribution in [0.2, 0.25) is 0 Å². The lowest BCUT2D eigenvalue weighted by atomic mass is 10.2. The van der Waals surface area contributed by atoms with Crippen LogP contribution < -0.4 is 5.32 Å². The fraction of sp³-hybridized carbons (Fsp3) is 0.467. The van der Waals surface area contributed by atoms with Gasteiger partial charge in [0, 0.05) is 23.9 Å². The van der Waals surface area contributed by atoms with Gasteiger partial charge in [0.25, 0.3) is 0 Å². The van der Waals surface area contributed by atoms with Gasteiger partial charge in [-0.2, -0.15) is 0 Å². The molecule has 1 atom stereocenters. The standard InChI is InChI=1S/C15H17FN2O2S/c16-10-1-5-13(6-2-10)21-9-14(19)17-11-7-15(20)18(8-11)12-3-4-12/h1-2,5-6,11-12H,3-4,7-9H2,(H,17,19). The SMILES string of the molecule is O=C(CSc1ccc(F)cc1)NC1CC(=O)N(C2CC2)C1. The topological polar surface area (TPSA) is 49.4 Å². The smallest absolute Gasteiger partial charge is 0.230 e. The number of halogens is 1. The first-order chi connectivity index (χ1) is 10.1. The monoisotopic (exact) mass is 308 g/mol. The highest BCUT2D eigenvalue weighted by molar-refractivity contribution is 8.00. The summed E-state index contributed by atoms with van der Waals surface area (Å²) >= 11 is 1.36. The zero-order valence-corrected chi connectivity index (χ0v) is 12.4. The van der Waals surface area contributed by atoms with Crippen LogP contribution in [0.15, 0.2) is 29.2 Å². The van der Waals surface area contributed by atoms with Gasteiger partial charge in [-0.15, -0.1) is 11.8 Å². The molecule has 1 saturated carbocycles. The van der Waals surface area contributed by atoms with Crippen molar-refractivity contribution < 1.29 is 14.0 Å². The second kappa shape index (κ2) is 6.05. The molecule has 1 heterocycles. The van der Waals surface area contributed by atoms with E-state index in [0.29, 0.717) is 19.0 Å². The van der Waals surface area contributed by atoms with Crippen LogP contribution in [-0.4, -0.2) is 41.1 Å². The molecule has 112 valence electrons. The van der Waals surface area contributed by atoms with Crippen LogP contribution >= 0.6 is 11.8 Å².